The van der Waals surface area contributed by atoms with E-state index < -0.39 is 0 Å². The summed E-state index contributed by atoms with van der Waals surface area (Å²) < 4.78 is 11.1. The molecule has 4 atom stereocenters. The molecule has 0 aliphatic heterocycles. The summed E-state index contributed by atoms with van der Waals surface area (Å²) in [5.74, 6) is 0.647. The molecule has 0 amide bonds. The van der Waals surface area contributed by atoms with E-state index in [0.29, 0.717) is 12.6 Å². The maximum atomic E-state index is 12.7. The van der Waals surface area contributed by atoms with E-state index in [9.17, 15) is 4.79 Å². The fourth-order valence-electron chi connectivity index (χ4n) is 5.04. The van der Waals surface area contributed by atoms with E-state index in [-0.39, 0.29) is 28.8 Å². The average molecular weight is 304 g/mol. The first-order valence-corrected chi connectivity index (χ1v) is 8.45. The number of fused-ring (bicyclic) bond motifs is 3. The molecule has 3 aliphatic rings. The van der Waals surface area contributed by atoms with Crippen molar-refractivity contribution in [2.45, 2.75) is 52.6 Å². The number of ketones is 1. The Labute approximate surface area is 133 Å². The van der Waals surface area contributed by atoms with Gasteiger partial charge in [-0.1, -0.05) is 44.9 Å². The molecular formula is C19H28O3. The number of hydrogen-bond acceptors (Lipinski definition) is 3. The number of allylic oxidation sites excluding steroid dienone is 4. The van der Waals surface area contributed by atoms with E-state index in [1.54, 1.807) is 7.11 Å². The van der Waals surface area contributed by atoms with Gasteiger partial charge in [0.1, 0.15) is 6.79 Å². The third-order valence-electron chi connectivity index (χ3n) is 5.98. The van der Waals surface area contributed by atoms with Gasteiger partial charge in [0.25, 0.3) is 0 Å². The van der Waals surface area contributed by atoms with Crippen molar-refractivity contribution in [3.05, 3.63) is 23.8 Å². The molecule has 0 aromatic heterocycles. The average Bonchev–Trinajstić information content (AvgIpc) is 2.47. The van der Waals surface area contributed by atoms with E-state index >= 15 is 0 Å². The van der Waals surface area contributed by atoms with Crippen molar-refractivity contribution < 1.29 is 14.3 Å². The Morgan fingerprint density at radius 3 is 2.77 bits per heavy atom. The summed E-state index contributed by atoms with van der Waals surface area (Å²) in [5.41, 5.74) is 1.27. The van der Waals surface area contributed by atoms with Gasteiger partial charge in [0, 0.05) is 24.4 Å². The lowest BCUT2D eigenvalue weighted by Gasteiger charge is -2.54. The van der Waals surface area contributed by atoms with Crippen molar-refractivity contribution in [2.75, 3.05) is 13.9 Å². The molecule has 0 aromatic carbocycles. The lowest BCUT2D eigenvalue weighted by atomic mass is 9.50. The van der Waals surface area contributed by atoms with Crippen LogP contribution in [0.2, 0.25) is 0 Å². The van der Waals surface area contributed by atoms with Crippen LogP contribution in [0.1, 0.15) is 46.5 Å². The highest BCUT2D eigenvalue weighted by atomic mass is 16.7. The van der Waals surface area contributed by atoms with Crippen LogP contribution in [0, 0.1) is 22.7 Å². The van der Waals surface area contributed by atoms with Crippen LogP contribution in [-0.2, 0) is 14.3 Å². The van der Waals surface area contributed by atoms with Gasteiger partial charge < -0.3 is 9.47 Å². The van der Waals surface area contributed by atoms with Crippen molar-refractivity contribution in [1.82, 2.24) is 0 Å². The van der Waals surface area contributed by atoms with Crippen LogP contribution in [-0.4, -0.2) is 25.8 Å². The molecule has 1 unspecified atom stereocenters. The second-order valence-electron chi connectivity index (χ2n) is 7.91. The zero-order chi connectivity index (χ0) is 16.0. The van der Waals surface area contributed by atoms with Crippen LogP contribution < -0.4 is 0 Å². The van der Waals surface area contributed by atoms with E-state index in [2.05, 4.69) is 32.9 Å². The molecule has 3 aliphatic carbocycles. The maximum Gasteiger partial charge on any atom is 0.159 e. The molecule has 3 rings (SSSR count). The molecule has 0 bridgehead atoms. The Morgan fingerprint density at radius 2 is 2.05 bits per heavy atom. The predicted octanol–water partition coefficient (Wildman–Crippen LogP) is 3.89. The molecule has 0 heterocycles. The summed E-state index contributed by atoms with van der Waals surface area (Å²) in [7, 11) is 1.66. The van der Waals surface area contributed by atoms with Crippen LogP contribution >= 0.6 is 0 Å². The van der Waals surface area contributed by atoms with Gasteiger partial charge in [0.2, 0.25) is 0 Å². The van der Waals surface area contributed by atoms with Gasteiger partial charge in [-0.2, -0.15) is 0 Å². The van der Waals surface area contributed by atoms with Gasteiger partial charge in [0.05, 0.1) is 6.10 Å². The fourth-order valence-corrected chi connectivity index (χ4v) is 5.04. The Balaban J connectivity index is 2.04. The molecule has 122 valence electrons. The lowest BCUT2D eigenvalue weighted by molar-refractivity contribution is -0.147. The lowest BCUT2D eigenvalue weighted by Crippen LogP contribution is -2.53. The summed E-state index contributed by atoms with van der Waals surface area (Å²) >= 11 is 0. The summed E-state index contributed by atoms with van der Waals surface area (Å²) in [4.78, 5) is 12.7. The third kappa shape index (κ3) is 2.39. The Kier molecular flexibility index (Phi) is 4.07. The summed E-state index contributed by atoms with van der Waals surface area (Å²) in [6.45, 7) is 7.11. The molecule has 0 aromatic rings. The quantitative estimate of drug-likeness (QED) is 0.586. The van der Waals surface area contributed by atoms with Gasteiger partial charge in [-0.05, 0) is 30.8 Å². The molecule has 0 radical (unpaired) electrons. The van der Waals surface area contributed by atoms with Crippen LogP contribution in [0.5, 0.6) is 0 Å². The minimum atomic E-state index is -0.0703. The molecule has 0 saturated heterocycles. The number of ether oxygens (including phenoxy) is 2. The van der Waals surface area contributed by atoms with E-state index in [1.165, 1.54) is 5.57 Å². The first-order valence-electron chi connectivity index (χ1n) is 8.45. The molecule has 1 fully saturated rings. The Morgan fingerprint density at radius 1 is 1.27 bits per heavy atom. The summed E-state index contributed by atoms with van der Waals surface area (Å²) in [5, 5.41) is 0. The zero-order valence-corrected chi connectivity index (χ0v) is 14.2. The minimum Gasteiger partial charge on any atom is -0.359 e. The van der Waals surface area contributed by atoms with Crippen molar-refractivity contribution in [3.63, 3.8) is 0 Å². The molecule has 1 saturated carbocycles. The molecule has 3 heteroatoms. The van der Waals surface area contributed by atoms with Crippen LogP contribution in [0.4, 0.5) is 0 Å². The molecule has 0 N–H and O–H groups in total. The van der Waals surface area contributed by atoms with E-state index in [1.807, 2.05) is 6.08 Å². The highest BCUT2D eigenvalue weighted by molar-refractivity contribution is 5.94. The van der Waals surface area contributed by atoms with Crippen molar-refractivity contribution in [2.24, 2.45) is 22.7 Å². The second-order valence-corrected chi connectivity index (χ2v) is 7.91. The smallest absolute Gasteiger partial charge is 0.159 e. The van der Waals surface area contributed by atoms with Crippen LogP contribution in [0.25, 0.3) is 0 Å². The van der Waals surface area contributed by atoms with Gasteiger partial charge in [0.15, 0.2) is 5.78 Å². The molecule has 0 spiro atoms. The number of carbonyl (C=O) groups is 1. The van der Waals surface area contributed by atoms with Gasteiger partial charge in [-0.15, -0.1) is 0 Å². The zero-order valence-electron chi connectivity index (χ0n) is 14.2. The Bertz CT molecular complexity index is 517. The highest BCUT2D eigenvalue weighted by Gasteiger charge is 2.55. The maximum absolute atomic E-state index is 12.7. The van der Waals surface area contributed by atoms with Crippen LogP contribution in [0.15, 0.2) is 23.8 Å². The van der Waals surface area contributed by atoms with Gasteiger partial charge >= 0.3 is 0 Å². The van der Waals surface area contributed by atoms with Gasteiger partial charge in [-0.25, -0.2) is 0 Å². The van der Waals surface area contributed by atoms with E-state index in [4.69, 9.17) is 9.47 Å². The monoisotopic (exact) mass is 304 g/mol. The number of hydrogen-bond donors (Lipinski definition) is 0. The topological polar surface area (TPSA) is 35.5 Å². The highest BCUT2D eigenvalue weighted by Crippen LogP contribution is 2.58. The van der Waals surface area contributed by atoms with Gasteiger partial charge in [-0.3, -0.25) is 4.79 Å². The molecular weight excluding hydrogens is 276 g/mol. The third-order valence-corrected chi connectivity index (χ3v) is 5.98. The largest absolute Gasteiger partial charge is 0.359 e. The van der Waals surface area contributed by atoms with Crippen LogP contribution in [0.3, 0.4) is 0 Å². The second kappa shape index (κ2) is 5.61. The molecule has 3 nitrogen and oxygen atoms in total. The standard InChI is InChI=1S/C19H28O3/c1-18(2)9-6-10-19(3)16(18)11-14(20)13-7-5-8-15(17(13)19)22-12-21-4/h6,10-11,13,15,17H,5,7-9,12H2,1-4H3/t13-,15?,17-,19-/m0/s1. The van der Waals surface area contributed by atoms with Crippen molar-refractivity contribution >= 4 is 5.78 Å². The number of rotatable bonds is 3. The SMILES string of the molecule is COCOC1CCC[C@H]2C(=O)C=C3C(C)(C)CC=C[C@]3(C)[C@H]12. The number of carbonyl (C=O) groups excluding carboxylic acids is 1. The van der Waals surface area contributed by atoms with Crippen molar-refractivity contribution in [3.8, 4) is 0 Å². The fraction of sp³-hybridized carbons (Fsp3) is 0.737. The minimum absolute atomic E-state index is 0.0490. The predicted molar refractivity (Wildman–Crippen MR) is 86.3 cm³/mol. The Hall–Kier alpha value is -0.930. The normalized spacial score (nSPS) is 39.9. The number of methoxy groups -OCH3 is 1. The first-order chi connectivity index (χ1) is 10.4. The summed E-state index contributed by atoms with van der Waals surface area (Å²) in [6.07, 6.45) is 10.8. The van der Waals surface area contributed by atoms with E-state index in [0.717, 1.165) is 25.7 Å². The first kappa shape index (κ1) is 15.9. The van der Waals surface area contributed by atoms with Crippen molar-refractivity contribution in [1.29, 1.82) is 0 Å². The summed E-state index contributed by atoms with van der Waals surface area (Å²) in [6, 6.07) is 0. The molecule has 22 heavy (non-hydrogen) atoms.